The van der Waals surface area contributed by atoms with Gasteiger partial charge >= 0.3 is 12.2 Å². The standard InChI is InChI=1S/C12H15F3N4O2/c1-7(10(16)18-21)19(2)11(20)17-9-5-3-4-8(6-9)12(13,14)15/h3-7,21H,1-2H3,(H2,16,18)(H,17,20). The van der Waals surface area contributed by atoms with Crippen molar-refractivity contribution in [2.24, 2.45) is 10.9 Å². The average molecular weight is 304 g/mol. The molecule has 0 aliphatic carbocycles. The van der Waals surface area contributed by atoms with Crippen LogP contribution in [0.1, 0.15) is 12.5 Å². The Morgan fingerprint density at radius 2 is 2.10 bits per heavy atom. The van der Waals surface area contributed by atoms with Crippen molar-refractivity contribution in [1.82, 2.24) is 4.90 Å². The first-order valence-corrected chi connectivity index (χ1v) is 5.85. The van der Waals surface area contributed by atoms with Gasteiger partial charge in [0.25, 0.3) is 0 Å². The normalized spacial score (nSPS) is 13.7. The van der Waals surface area contributed by atoms with Gasteiger partial charge in [-0.15, -0.1) is 0 Å². The molecule has 1 unspecified atom stereocenters. The maximum Gasteiger partial charge on any atom is 0.416 e. The van der Waals surface area contributed by atoms with E-state index in [0.29, 0.717) is 0 Å². The van der Waals surface area contributed by atoms with Gasteiger partial charge in [0.2, 0.25) is 0 Å². The fourth-order valence-corrected chi connectivity index (χ4v) is 1.44. The number of amidine groups is 1. The number of oxime groups is 1. The quantitative estimate of drug-likeness (QED) is 0.346. The van der Waals surface area contributed by atoms with Crippen molar-refractivity contribution in [3.05, 3.63) is 29.8 Å². The van der Waals surface area contributed by atoms with E-state index in [1.54, 1.807) is 0 Å². The van der Waals surface area contributed by atoms with Crippen LogP contribution in [0.5, 0.6) is 0 Å². The van der Waals surface area contributed by atoms with Gasteiger partial charge in [0, 0.05) is 12.7 Å². The van der Waals surface area contributed by atoms with E-state index in [1.165, 1.54) is 26.1 Å². The molecular weight excluding hydrogens is 289 g/mol. The van der Waals surface area contributed by atoms with Gasteiger partial charge in [-0.1, -0.05) is 11.2 Å². The predicted molar refractivity (Wildman–Crippen MR) is 71.1 cm³/mol. The molecule has 0 fully saturated rings. The monoisotopic (exact) mass is 304 g/mol. The van der Waals surface area contributed by atoms with Crippen molar-refractivity contribution in [2.75, 3.05) is 12.4 Å². The van der Waals surface area contributed by atoms with Crippen molar-refractivity contribution in [3.63, 3.8) is 0 Å². The summed E-state index contributed by atoms with van der Waals surface area (Å²) in [7, 11) is 1.37. The molecule has 0 radical (unpaired) electrons. The lowest BCUT2D eigenvalue weighted by Crippen LogP contribution is -2.45. The van der Waals surface area contributed by atoms with Crippen LogP contribution in [-0.4, -0.2) is 35.1 Å². The van der Waals surface area contributed by atoms with Gasteiger partial charge < -0.3 is 21.2 Å². The highest BCUT2D eigenvalue weighted by atomic mass is 19.4. The molecule has 1 aromatic carbocycles. The topological polar surface area (TPSA) is 91.0 Å². The molecule has 0 spiro atoms. The molecule has 0 aliphatic heterocycles. The van der Waals surface area contributed by atoms with E-state index in [-0.39, 0.29) is 11.5 Å². The molecule has 116 valence electrons. The summed E-state index contributed by atoms with van der Waals surface area (Å²) in [5, 5.41) is 13.6. The van der Waals surface area contributed by atoms with Crippen molar-refractivity contribution >= 4 is 17.6 Å². The zero-order chi connectivity index (χ0) is 16.2. The SMILES string of the molecule is CC(C(N)=NO)N(C)C(=O)Nc1cccc(C(F)(F)F)c1. The minimum absolute atomic E-state index is 0.00613. The van der Waals surface area contributed by atoms with Crippen LogP contribution in [0.25, 0.3) is 0 Å². The first-order chi connectivity index (χ1) is 9.66. The number of likely N-dealkylation sites (N-methyl/N-ethyl adjacent to an activating group) is 1. The summed E-state index contributed by atoms with van der Waals surface area (Å²) in [6, 6.07) is 2.83. The summed E-state index contributed by atoms with van der Waals surface area (Å²) in [6.45, 7) is 1.50. The molecule has 6 nitrogen and oxygen atoms in total. The number of amides is 2. The summed E-state index contributed by atoms with van der Waals surface area (Å²) < 4.78 is 37.7. The fraction of sp³-hybridized carbons (Fsp3) is 0.333. The smallest absolute Gasteiger partial charge is 0.409 e. The molecule has 1 aromatic rings. The number of nitrogens with one attached hydrogen (secondary N) is 1. The van der Waals surface area contributed by atoms with Gasteiger partial charge in [-0.25, -0.2) is 4.79 Å². The van der Waals surface area contributed by atoms with E-state index in [4.69, 9.17) is 10.9 Å². The molecule has 0 saturated heterocycles. The Kier molecular flexibility index (Phi) is 5.01. The van der Waals surface area contributed by atoms with Crippen LogP contribution >= 0.6 is 0 Å². The maximum atomic E-state index is 12.6. The molecule has 2 amide bonds. The molecule has 0 bridgehead atoms. The number of benzene rings is 1. The minimum atomic E-state index is -4.49. The fourth-order valence-electron chi connectivity index (χ4n) is 1.44. The number of nitrogens with zero attached hydrogens (tertiary/aromatic N) is 2. The number of urea groups is 1. The Balaban J connectivity index is 2.84. The number of carbonyl (C=O) groups excluding carboxylic acids is 1. The third kappa shape index (κ3) is 4.26. The molecule has 21 heavy (non-hydrogen) atoms. The van der Waals surface area contributed by atoms with Crippen LogP contribution in [0.4, 0.5) is 23.7 Å². The number of rotatable bonds is 3. The molecule has 4 N–H and O–H groups in total. The van der Waals surface area contributed by atoms with Gasteiger partial charge in [-0.05, 0) is 25.1 Å². The van der Waals surface area contributed by atoms with Crippen molar-refractivity contribution in [2.45, 2.75) is 19.1 Å². The van der Waals surface area contributed by atoms with Crippen molar-refractivity contribution < 1.29 is 23.2 Å². The van der Waals surface area contributed by atoms with Crippen LogP contribution in [0.15, 0.2) is 29.4 Å². The van der Waals surface area contributed by atoms with Crippen LogP contribution in [0.3, 0.4) is 0 Å². The highest BCUT2D eigenvalue weighted by molar-refractivity contribution is 5.94. The summed E-state index contributed by atoms with van der Waals surface area (Å²) in [5.74, 6) is -0.198. The van der Waals surface area contributed by atoms with Gasteiger partial charge in [-0.2, -0.15) is 13.2 Å². The lowest BCUT2D eigenvalue weighted by Gasteiger charge is -2.24. The Labute approximate surface area is 119 Å². The van der Waals surface area contributed by atoms with Gasteiger partial charge in [-0.3, -0.25) is 0 Å². The summed E-state index contributed by atoms with van der Waals surface area (Å²) >= 11 is 0. The largest absolute Gasteiger partial charge is 0.416 e. The minimum Gasteiger partial charge on any atom is -0.409 e. The number of carbonyl (C=O) groups is 1. The Bertz CT molecular complexity index is 546. The number of hydrogen-bond donors (Lipinski definition) is 3. The third-order valence-electron chi connectivity index (χ3n) is 2.89. The second-order valence-corrected chi connectivity index (χ2v) is 4.32. The zero-order valence-corrected chi connectivity index (χ0v) is 11.3. The highest BCUT2D eigenvalue weighted by Crippen LogP contribution is 2.30. The van der Waals surface area contributed by atoms with Crippen molar-refractivity contribution in [1.29, 1.82) is 0 Å². The first kappa shape index (κ1) is 16.6. The van der Waals surface area contributed by atoms with Crippen LogP contribution in [0, 0.1) is 0 Å². The molecule has 9 heteroatoms. The number of alkyl halides is 3. The van der Waals surface area contributed by atoms with Crippen LogP contribution in [-0.2, 0) is 6.18 Å². The summed E-state index contributed by atoms with van der Waals surface area (Å²) in [5.41, 5.74) is 4.49. The van der Waals surface area contributed by atoms with E-state index in [9.17, 15) is 18.0 Å². The average Bonchev–Trinajstić information content (AvgIpc) is 2.44. The van der Waals surface area contributed by atoms with Crippen LogP contribution in [0.2, 0.25) is 0 Å². The molecule has 0 aliphatic rings. The summed E-state index contributed by atoms with van der Waals surface area (Å²) in [6.07, 6.45) is -4.49. The van der Waals surface area contributed by atoms with E-state index >= 15 is 0 Å². The summed E-state index contributed by atoms with van der Waals surface area (Å²) in [4.78, 5) is 13.0. The van der Waals surface area contributed by atoms with Gasteiger partial charge in [0.15, 0.2) is 5.84 Å². The molecule has 1 atom stereocenters. The first-order valence-electron chi connectivity index (χ1n) is 5.85. The lowest BCUT2D eigenvalue weighted by molar-refractivity contribution is -0.137. The zero-order valence-electron chi connectivity index (χ0n) is 11.3. The van der Waals surface area contributed by atoms with E-state index in [2.05, 4.69) is 10.5 Å². The molecular formula is C12H15F3N4O2. The second-order valence-electron chi connectivity index (χ2n) is 4.32. The van der Waals surface area contributed by atoms with Crippen LogP contribution < -0.4 is 11.1 Å². The number of anilines is 1. The second kappa shape index (κ2) is 6.33. The lowest BCUT2D eigenvalue weighted by atomic mass is 10.2. The van der Waals surface area contributed by atoms with Gasteiger partial charge in [0.1, 0.15) is 0 Å². The van der Waals surface area contributed by atoms with E-state index < -0.39 is 23.8 Å². The molecule has 0 saturated carbocycles. The number of nitrogens with two attached hydrogens (primary N) is 1. The number of halogens is 3. The Morgan fingerprint density at radius 1 is 1.48 bits per heavy atom. The predicted octanol–water partition coefficient (Wildman–Crippen LogP) is 2.30. The van der Waals surface area contributed by atoms with Crippen molar-refractivity contribution in [3.8, 4) is 0 Å². The highest BCUT2D eigenvalue weighted by Gasteiger charge is 2.30. The van der Waals surface area contributed by atoms with E-state index in [0.717, 1.165) is 17.0 Å². The Morgan fingerprint density at radius 3 is 2.62 bits per heavy atom. The molecule has 0 heterocycles. The third-order valence-corrected chi connectivity index (χ3v) is 2.89. The molecule has 0 aromatic heterocycles. The number of hydrogen-bond acceptors (Lipinski definition) is 3. The van der Waals surface area contributed by atoms with E-state index in [1.807, 2.05) is 0 Å². The maximum absolute atomic E-state index is 12.6. The molecule has 1 rings (SSSR count). The Hall–Kier alpha value is -2.45. The van der Waals surface area contributed by atoms with Gasteiger partial charge in [0.05, 0.1) is 11.6 Å².